The first-order valence-corrected chi connectivity index (χ1v) is 9.86. The average Bonchev–Trinajstić information content (AvgIpc) is 2.94. The van der Waals surface area contributed by atoms with Gasteiger partial charge in [-0.15, -0.1) is 0 Å². The molecule has 0 saturated carbocycles. The molecule has 0 spiro atoms. The number of nitrogens with one attached hydrogen (secondary N) is 1. The maximum Gasteiger partial charge on any atom is 0.286 e. The summed E-state index contributed by atoms with van der Waals surface area (Å²) in [5.41, 5.74) is 1.71. The standard InChI is InChI=1S/C19H14BrClN2O3S/c1-11(24)22-19-23-18(25)17(27-19)9-13-8-14(20)4-7-16(13)26-10-12-2-5-15(21)6-3-12/h2-9H,10H2,1H3,(H,22,23,24,25)/b17-9+. The van der Waals surface area contributed by atoms with Crippen molar-refractivity contribution < 1.29 is 14.3 Å². The molecule has 8 heteroatoms. The number of hydrogen-bond acceptors (Lipinski definition) is 4. The number of carbonyl (C=O) groups excluding carboxylic acids is 2. The number of nitrogens with zero attached hydrogens (tertiary/aromatic N) is 1. The summed E-state index contributed by atoms with van der Waals surface area (Å²) in [6.45, 7) is 1.73. The molecule has 1 aliphatic heterocycles. The summed E-state index contributed by atoms with van der Waals surface area (Å²) in [5, 5.41) is 3.47. The van der Waals surface area contributed by atoms with Crippen LogP contribution in [0.5, 0.6) is 5.75 Å². The third-order valence-electron chi connectivity index (χ3n) is 3.47. The average molecular weight is 466 g/mol. The van der Waals surface area contributed by atoms with Gasteiger partial charge in [-0.25, -0.2) is 0 Å². The molecule has 2 amide bonds. The third-order valence-corrected chi connectivity index (χ3v) is 5.11. The van der Waals surface area contributed by atoms with Crippen LogP contribution in [-0.4, -0.2) is 17.0 Å². The van der Waals surface area contributed by atoms with Crippen molar-refractivity contribution >= 4 is 62.4 Å². The van der Waals surface area contributed by atoms with Gasteiger partial charge in [0.1, 0.15) is 12.4 Å². The molecular weight excluding hydrogens is 452 g/mol. The molecule has 0 aromatic heterocycles. The third kappa shape index (κ3) is 5.45. The normalized spacial score (nSPS) is 15.0. The number of halogens is 2. The van der Waals surface area contributed by atoms with Crippen LogP contribution in [0.3, 0.4) is 0 Å². The molecule has 3 rings (SSSR count). The molecule has 5 nitrogen and oxygen atoms in total. The first kappa shape index (κ1) is 19.7. The minimum Gasteiger partial charge on any atom is -0.488 e. The second-order valence-corrected chi connectivity index (χ2v) is 7.99. The van der Waals surface area contributed by atoms with E-state index in [0.29, 0.717) is 22.3 Å². The van der Waals surface area contributed by atoms with E-state index in [1.807, 2.05) is 30.3 Å². The van der Waals surface area contributed by atoms with Crippen LogP contribution in [0, 0.1) is 0 Å². The summed E-state index contributed by atoms with van der Waals surface area (Å²) >= 11 is 10.4. The molecule has 138 valence electrons. The molecule has 0 bridgehead atoms. The number of thioether (sulfide) groups is 1. The predicted octanol–water partition coefficient (Wildman–Crippen LogP) is 4.79. The van der Waals surface area contributed by atoms with E-state index >= 15 is 0 Å². The lowest BCUT2D eigenvalue weighted by atomic mass is 10.2. The Morgan fingerprint density at radius 3 is 2.74 bits per heavy atom. The summed E-state index contributed by atoms with van der Waals surface area (Å²) < 4.78 is 6.77. The highest BCUT2D eigenvalue weighted by molar-refractivity contribution is 9.10. The molecule has 1 aliphatic rings. The topological polar surface area (TPSA) is 67.8 Å². The molecule has 1 heterocycles. The molecule has 0 atom stereocenters. The second-order valence-electron chi connectivity index (χ2n) is 5.61. The van der Waals surface area contributed by atoms with E-state index in [1.165, 1.54) is 6.92 Å². The van der Waals surface area contributed by atoms with Crippen molar-refractivity contribution in [1.82, 2.24) is 5.32 Å². The zero-order chi connectivity index (χ0) is 19.4. The minimum absolute atomic E-state index is 0.273. The van der Waals surface area contributed by atoms with Crippen LogP contribution in [0.25, 0.3) is 6.08 Å². The van der Waals surface area contributed by atoms with Gasteiger partial charge in [0.15, 0.2) is 5.17 Å². The number of amides is 2. The highest BCUT2D eigenvalue weighted by atomic mass is 79.9. The lowest BCUT2D eigenvalue weighted by Crippen LogP contribution is -2.23. The van der Waals surface area contributed by atoms with Crippen molar-refractivity contribution in [3.63, 3.8) is 0 Å². The van der Waals surface area contributed by atoms with Crippen LogP contribution < -0.4 is 10.1 Å². The maximum atomic E-state index is 12.1. The number of amidine groups is 1. The Morgan fingerprint density at radius 1 is 1.30 bits per heavy atom. The van der Waals surface area contributed by atoms with E-state index in [1.54, 1.807) is 18.2 Å². The highest BCUT2D eigenvalue weighted by Crippen LogP contribution is 2.32. The van der Waals surface area contributed by atoms with Gasteiger partial charge < -0.3 is 10.1 Å². The Bertz CT molecular complexity index is 958. The number of carbonyl (C=O) groups is 2. The monoisotopic (exact) mass is 464 g/mol. The summed E-state index contributed by atoms with van der Waals surface area (Å²) in [6.07, 6.45) is 1.70. The van der Waals surface area contributed by atoms with Gasteiger partial charge in [0.05, 0.1) is 4.91 Å². The number of ether oxygens (including phenoxy) is 1. The van der Waals surface area contributed by atoms with Gasteiger partial charge in [0, 0.05) is 22.0 Å². The lowest BCUT2D eigenvalue weighted by molar-refractivity contribution is -0.117. The number of hydrogen-bond donors (Lipinski definition) is 1. The fraction of sp³-hybridized carbons (Fsp3) is 0.105. The molecule has 0 fully saturated rings. The van der Waals surface area contributed by atoms with E-state index < -0.39 is 5.91 Å². The maximum absolute atomic E-state index is 12.1. The molecule has 2 aromatic rings. The van der Waals surface area contributed by atoms with Gasteiger partial charge in [-0.1, -0.05) is 39.7 Å². The fourth-order valence-corrected chi connectivity index (χ4v) is 3.61. The van der Waals surface area contributed by atoms with Gasteiger partial charge in [0.25, 0.3) is 5.91 Å². The molecule has 27 heavy (non-hydrogen) atoms. The largest absolute Gasteiger partial charge is 0.488 e. The minimum atomic E-state index is -0.396. The van der Waals surface area contributed by atoms with Gasteiger partial charge in [-0.3, -0.25) is 9.59 Å². The zero-order valence-corrected chi connectivity index (χ0v) is 17.3. The smallest absolute Gasteiger partial charge is 0.286 e. The number of benzene rings is 2. The van der Waals surface area contributed by atoms with Crippen LogP contribution in [0.2, 0.25) is 5.02 Å². The molecule has 0 saturated heterocycles. The van der Waals surface area contributed by atoms with Crippen molar-refractivity contribution in [1.29, 1.82) is 0 Å². The van der Waals surface area contributed by atoms with Crippen LogP contribution in [0.1, 0.15) is 18.1 Å². The fourth-order valence-electron chi connectivity index (χ4n) is 2.26. The van der Waals surface area contributed by atoms with Crippen LogP contribution >= 0.6 is 39.3 Å². The van der Waals surface area contributed by atoms with Crippen molar-refractivity contribution in [2.45, 2.75) is 13.5 Å². The SMILES string of the molecule is CC(=O)NC1=NC(=O)/C(=C\c2cc(Br)ccc2OCc2ccc(Cl)cc2)S1. The highest BCUT2D eigenvalue weighted by Gasteiger charge is 2.23. The van der Waals surface area contributed by atoms with E-state index in [0.717, 1.165) is 27.4 Å². The molecule has 0 radical (unpaired) electrons. The molecule has 0 unspecified atom stereocenters. The van der Waals surface area contributed by atoms with E-state index in [-0.39, 0.29) is 11.1 Å². The van der Waals surface area contributed by atoms with Crippen molar-refractivity contribution in [2.75, 3.05) is 0 Å². The number of aliphatic imine (C=N–C) groups is 1. The first-order valence-electron chi connectivity index (χ1n) is 7.87. The van der Waals surface area contributed by atoms with E-state index in [2.05, 4.69) is 26.2 Å². The Morgan fingerprint density at radius 2 is 2.04 bits per heavy atom. The van der Waals surface area contributed by atoms with Gasteiger partial charge in [-0.2, -0.15) is 4.99 Å². The van der Waals surface area contributed by atoms with Crippen molar-refractivity contribution in [3.05, 3.63) is 68.0 Å². The van der Waals surface area contributed by atoms with Crippen molar-refractivity contribution in [3.8, 4) is 5.75 Å². The summed E-state index contributed by atoms with van der Waals surface area (Å²) in [4.78, 5) is 27.5. The zero-order valence-electron chi connectivity index (χ0n) is 14.2. The molecule has 1 N–H and O–H groups in total. The lowest BCUT2D eigenvalue weighted by Gasteiger charge is -2.10. The predicted molar refractivity (Wildman–Crippen MR) is 112 cm³/mol. The first-order chi connectivity index (χ1) is 12.9. The number of rotatable bonds is 4. The summed E-state index contributed by atoms with van der Waals surface area (Å²) in [6, 6.07) is 12.9. The summed E-state index contributed by atoms with van der Waals surface area (Å²) in [7, 11) is 0. The second kappa shape index (κ2) is 8.73. The molecular formula is C19H14BrClN2O3S. The quantitative estimate of drug-likeness (QED) is 0.659. The Kier molecular flexibility index (Phi) is 6.36. The Labute approximate surface area is 174 Å². The Balaban J connectivity index is 1.79. The van der Waals surface area contributed by atoms with Crippen LogP contribution in [0.4, 0.5) is 0 Å². The van der Waals surface area contributed by atoms with Crippen LogP contribution in [-0.2, 0) is 16.2 Å². The van der Waals surface area contributed by atoms with Gasteiger partial charge in [0.2, 0.25) is 5.91 Å². The summed E-state index contributed by atoms with van der Waals surface area (Å²) in [5.74, 6) is -0.0425. The van der Waals surface area contributed by atoms with E-state index in [4.69, 9.17) is 16.3 Å². The molecule has 0 aliphatic carbocycles. The van der Waals surface area contributed by atoms with Gasteiger partial charge in [-0.05, 0) is 53.7 Å². The van der Waals surface area contributed by atoms with Gasteiger partial charge >= 0.3 is 0 Å². The molecule has 2 aromatic carbocycles. The van der Waals surface area contributed by atoms with Crippen LogP contribution in [0.15, 0.2) is 56.8 Å². The van der Waals surface area contributed by atoms with E-state index in [9.17, 15) is 9.59 Å². The Hall–Kier alpha value is -2.09. The van der Waals surface area contributed by atoms with Crippen molar-refractivity contribution in [2.24, 2.45) is 4.99 Å².